The predicted octanol–water partition coefficient (Wildman–Crippen LogP) is 2.68. The van der Waals surface area contributed by atoms with Gasteiger partial charge in [0.15, 0.2) is 0 Å². The van der Waals surface area contributed by atoms with Crippen LogP contribution in [0.5, 0.6) is 5.75 Å². The summed E-state index contributed by atoms with van der Waals surface area (Å²) in [5.74, 6) is 0.780. The van der Waals surface area contributed by atoms with Crippen LogP contribution >= 0.6 is 11.3 Å². The number of morpholine rings is 1. The first-order valence-electron chi connectivity index (χ1n) is 8.76. The highest BCUT2D eigenvalue weighted by Crippen LogP contribution is 2.32. The van der Waals surface area contributed by atoms with Gasteiger partial charge in [0.2, 0.25) is 5.91 Å². The van der Waals surface area contributed by atoms with E-state index in [2.05, 4.69) is 15.6 Å². The van der Waals surface area contributed by atoms with Crippen molar-refractivity contribution in [2.24, 2.45) is 0 Å². The normalized spacial score (nSPS) is 21.2. The number of methoxy groups -OCH3 is 1. The van der Waals surface area contributed by atoms with Crippen molar-refractivity contribution < 1.29 is 14.3 Å². The summed E-state index contributed by atoms with van der Waals surface area (Å²) in [5, 5.41) is 7.25. The quantitative estimate of drug-likeness (QED) is 0.841. The van der Waals surface area contributed by atoms with E-state index in [1.54, 1.807) is 18.4 Å². The predicted molar refractivity (Wildman–Crippen MR) is 103 cm³/mol. The van der Waals surface area contributed by atoms with E-state index in [4.69, 9.17) is 9.47 Å². The molecule has 1 aromatic heterocycles. The second kappa shape index (κ2) is 8.16. The molecule has 0 aliphatic carbocycles. The second-order valence-electron chi connectivity index (χ2n) is 6.44. The van der Waals surface area contributed by atoms with Crippen LogP contribution in [0.15, 0.2) is 24.3 Å². The average Bonchev–Trinajstić information content (AvgIpc) is 3.04. The van der Waals surface area contributed by atoms with Crippen molar-refractivity contribution in [2.45, 2.75) is 39.0 Å². The zero-order valence-electron chi connectivity index (χ0n) is 15.5. The van der Waals surface area contributed by atoms with Gasteiger partial charge in [-0.3, -0.25) is 4.79 Å². The Bertz CT molecular complexity index is 760. The number of benzene rings is 1. The lowest BCUT2D eigenvalue weighted by Crippen LogP contribution is -2.55. The minimum Gasteiger partial charge on any atom is -0.497 e. The number of amides is 1. The lowest BCUT2D eigenvalue weighted by atomic mass is 10.1. The first-order valence-corrected chi connectivity index (χ1v) is 9.58. The van der Waals surface area contributed by atoms with Gasteiger partial charge in [-0.15, -0.1) is 11.3 Å². The van der Waals surface area contributed by atoms with Crippen molar-refractivity contribution in [3.05, 3.63) is 34.8 Å². The van der Waals surface area contributed by atoms with E-state index in [0.717, 1.165) is 26.9 Å². The van der Waals surface area contributed by atoms with Crippen LogP contribution in [0.25, 0.3) is 10.6 Å². The Labute approximate surface area is 157 Å². The van der Waals surface area contributed by atoms with Gasteiger partial charge in [0.25, 0.3) is 0 Å². The summed E-state index contributed by atoms with van der Waals surface area (Å²) in [6, 6.07) is 7.41. The summed E-state index contributed by atoms with van der Waals surface area (Å²) in [5.41, 5.74) is 1.98. The van der Waals surface area contributed by atoms with Crippen molar-refractivity contribution in [2.75, 3.05) is 20.3 Å². The molecule has 1 amide bonds. The molecule has 2 aromatic rings. The molecule has 1 aliphatic heterocycles. The third-order valence-corrected chi connectivity index (χ3v) is 5.91. The third-order valence-electron chi connectivity index (χ3n) is 4.52. The Morgan fingerprint density at radius 3 is 2.81 bits per heavy atom. The smallest absolute Gasteiger partial charge is 0.240 e. The van der Waals surface area contributed by atoms with E-state index in [0.29, 0.717) is 13.2 Å². The van der Waals surface area contributed by atoms with Crippen molar-refractivity contribution in [1.29, 1.82) is 0 Å². The summed E-state index contributed by atoms with van der Waals surface area (Å²) < 4.78 is 10.8. The van der Waals surface area contributed by atoms with E-state index >= 15 is 0 Å². The number of hydrogen-bond donors (Lipinski definition) is 2. The van der Waals surface area contributed by atoms with Crippen LogP contribution in [-0.4, -0.2) is 43.3 Å². The summed E-state index contributed by atoms with van der Waals surface area (Å²) in [6.07, 6.45) is -0.131. The van der Waals surface area contributed by atoms with Gasteiger partial charge in [-0.05, 0) is 45.0 Å². The number of ether oxygens (including phenoxy) is 2. The summed E-state index contributed by atoms with van der Waals surface area (Å²) in [4.78, 5) is 18.3. The van der Waals surface area contributed by atoms with Crippen LogP contribution in [0.3, 0.4) is 0 Å². The molecule has 1 unspecified atom stereocenters. The average molecular weight is 375 g/mol. The van der Waals surface area contributed by atoms with Gasteiger partial charge in [0.05, 0.1) is 36.4 Å². The Hall–Kier alpha value is -1.96. The molecule has 0 saturated carbocycles. The van der Waals surface area contributed by atoms with Gasteiger partial charge in [-0.25, -0.2) is 4.98 Å². The molecule has 7 heteroatoms. The molecule has 0 bridgehead atoms. The first-order chi connectivity index (χ1) is 12.5. The van der Waals surface area contributed by atoms with E-state index in [9.17, 15) is 4.79 Å². The van der Waals surface area contributed by atoms with Crippen LogP contribution in [0.2, 0.25) is 0 Å². The molecule has 2 N–H and O–H groups in total. The maximum Gasteiger partial charge on any atom is 0.240 e. The molecule has 2 heterocycles. The highest BCUT2D eigenvalue weighted by Gasteiger charge is 2.29. The fourth-order valence-corrected chi connectivity index (χ4v) is 4.14. The second-order valence-corrected chi connectivity index (χ2v) is 7.47. The number of hydrogen-bond acceptors (Lipinski definition) is 6. The van der Waals surface area contributed by atoms with Crippen LogP contribution in [0, 0.1) is 6.92 Å². The lowest BCUT2D eigenvalue weighted by Gasteiger charge is -2.30. The van der Waals surface area contributed by atoms with E-state index in [1.165, 1.54) is 0 Å². The standard InChI is InChI=1S/C19H25N3O3S/c1-11(21-18(23)16-13(3)25-10-9-20-16)17-12(2)22-19(26-17)14-5-7-15(24-4)8-6-14/h5-8,11,13,16,20H,9-10H2,1-4H3,(H,21,23)/t11?,13-,16+/m1/s1. The van der Waals surface area contributed by atoms with Gasteiger partial charge in [0, 0.05) is 12.1 Å². The molecule has 1 saturated heterocycles. The van der Waals surface area contributed by atoms with E-state index in [1.807, 2.05) is 45.0 Å². The number of aryl methyl sites for hydroxylation is 1. The van der Waals surface area contributed by atoms with Crippen LogP contribution in [0.4, 0.5) is 0 Å². The van der Waals surface area contributed by atoms with Crippen LogP contribution in [0.1, 0.15) is 30.5 Å². The topological polar surface area (TPSA) is 72.5 Å². The van der Waals surface area contributed by atoms with Gasteiger partial charge in [-0.2, -0.15) is 0 Å². The number of nitrogens with zero attached hydrogens (tertiary/aromatic N) is 1. The third kappa shape index (κ3) is 4.06. The number of carbonyl (C=O) groups excluding carboxylic acids is 1. The van der Waals surface area contributed by atoms with Crippen LogP contribution < -0.4 is 15.4 Å². The minimum atomic E-state index is -0.319. The SMILES string of the molecule is COc1ccc(-c2nc(C)c(C(C)NC(=O)[C@H]3NCCO[C@@H]3C)s2)cc1. The van der Waals surface area contributed by atoms with Gasteiger partial charge in [-0.1, -0.05) is 0 Å². The zero-order valence-corrected chi connectivity index (χ0v) is 16.4. The molecule has 0 spiro atoms. The molecule has 140 valence electrons. The van der Waals surface area contributed by atoms with Crippen molar-refractivity contribution in [3.63, 3.8) is 0 Å². The fourth-order valence-electron chi connectivity index (χ4n) is 3.06. The summed E-state index contributed by atoms with van der Waals surface area (Å²) >= 11 is 1.61. The highest BCUT2D eigenvalue weighted by molar-refractivity contribution is 7.15. The molecule has 1 aromatic carbocycles. The molecular weight excluding hydrogens is 350 g/mol. The maximum atomic E-state index is 12.6. The lowest BCUT2D eigenvalue weighted by molar-refractivity contribution is -0.129. The Kier molecular flexibility index (Phi) is 5.90. The largest absolute Gasteiger partial charge is 0.497 e. The van der Waals surface area contributed by atoms with Gasteiger partial charge >= 0.3 is 0 Å². The summed E-state index contributed by atoms with van der Waals surface area (Å²) in [7, 11) is 1.65. The monoisotopic (exact) mass is 375 g/mol. The minimum absolute atomic E-state index is 0.0384. The molecule has 0 radical (unpaired) electrons. The molecular formula is C19H25N3O3S. The van der Waals surface area contributed by atoms with Crippen molar-refractivity contribution >= 4 is 17.2 Å². The molecule has 3 rings (SSSR count). The van der Waals surface area contributed by atoms with Crippen LogP contribution in [-0.2, 0) is 9.53 Å². The highest BCUT2D eigenvalue weighted by atomic mass is 32.1. The molecule has 3 atom stereocenters. The van der Waals surface area contributed by atoms with Gasteiger partial charge in [0.1, 0.15) is 16.8 Å². The van der Waals surface area contributed by atoms with E-state index in [-0.39, 0.29) is 24.1 Å². The van der Waals surface area contributed by atoms with Crippen molar-refractivity contribution in [3.8, 4) is 16.3 Å². The molecule has 6 nitrogen and oxygen atoms in total. The maximum absolute atomic E-state index is 12.6. The number of rotatable bonds is 5. The Balaban J connectivity index is 1.72. The van der Waals surface area contributed by atoms with Gasteiger partial charge < -0.3 is 20.1 Å². The molecule has 1 aliphatic rings. The Morgan fingerprint density at radius 2 is 2.15 bits per heavy atom. The van der Waals surface area contributed by atoms with E-state index < -0.39 is 0 Å². The molecule has 1 fully saturated rings. The number of nitrogens with one attached hydrogen (secondary N) is 2. The number of aromatic nitrogens is 1. The number of carbonyl (C=O) groups is 1. The number of thiazole rings is 1. The Morgan fingerprint density at radius 1 is 1.42 bits per heavy atom. The summed E-state index contributed by atoms with van der Waals surface area (Å²) in [6.45, 7) is 7.22. The fraction of sp³-hybridized carbons (Fsp3) is 0.474. The van der Waals surface area contributed by atoms with Crippen molar-refractivity contribution in [1.82, 2.24) is 15.6 Å². The zero-order chi connectivity index (χ0) is 18.7. The molecule has 26 heavy (non-hydrogen) atoms. The first kappa shape index (κ1) is 18.8.